The van der Waals surface area contributed by atoms with Crippen molar-refractivity contribution < 1.29 is 17.0 Å². The van der Waals surface area contributed by atoms with Crippen LogP contribution in [0.1, 0.15) is 0 Å². The molecule has 1 heterocycles. The molecule has 2 rings (SSSR count). The van der Waals surface area contributed by atoms with E-state index in [1.165, 1.54) is 0 Å². The number of hydrogen-bond acceptors (Lipinski definition) is 1. The summed E-state index contributed by atoms with van der Waals surface area (Å²) in [4.78, 5) is 0. The van der Waals surface area contributed by atoms with Crippen molar-refractivity contribution in [1.82, 2.24) is 4.57 Å². The summed E-state index contributed by atoms with van der Waals surface area (Å²) in [7, 11) is 3.94. The Hall–Kier alpha value is -1.22. The van der Waals surface area contributed by atoms with Crippen LogP contribution in [-0.4, -0.2) is 4.57 Å². The topological polar surface area (TPSA) is 34.8 Å². The summed E-state index contributed by atoms with van der Waals surface area (Å²) in [6.07, 6.45) is 0. The maximum Gasteiger partial charge on any atom is 0.355 e. The van der Waals surface area contributed by atoms with E-state index < -0.39 is 0 Å². The van der Waals surface area contributed by atoms with Gasteiger partial charge in [-0.3, -0.25) is 5.73 Å². The molecule has 0 radical (unpaired) electrons. The Morgan fingerprint density at radius 3 is 2.54 bits per heavy atom. The second-order valence-corrected chi connectivity index (χ2v) is 2.96. The van der Waals surface area contributed by atoms with Crippen LogP contribution in [0.5, 0.6) is 0 Å². The lowest BCUT2D eigenvalue weighted by Gasteiger charge is -1.87. The lowest BCUT2D eigenvalue weighted by molar-refractivity contribution is -0.630. The summed E-state index contributed by atoms with van der Waals surface area (Å²) in [5.74, 6) is 0.774. The number of nitrogens with zero attached hydrogens (tertiary/aromatic N) is 2. The molecule has 0 amide bonds. The predicted octanol–water partition coefficient (Wildman–Crippen LogP) is -2.41. The zero-order chi connectivity index (χ0) is 8.72. The van der Waals surface area contributed by atoms with E-state index in [0.717, 1.165) is 17.0 Å². The summed E-state index contributed by atoms with van der Waals surface area (Å²) in [6, 6.07) is 8.15. The van der Waals surface area contributed by atoms with Crippen molar-refractivity contribution in [3.8, 4) is 0 Å². The van der Waals surface area contributed by atoms with Crippen LogP contribution >= 0.6 is 0 Å². The van der Waals surface area contributed by atoms with Gasteiger partial charge in [0, 0.05) is 0 Å². The first-order valence-corrected chi connectivity index (χ1v) is 3.90. The Morgan fingerprint density at radius 1 is 1.31 bits per heavy atom. The zero-order valence-corrected chi connectivity index (χ0v) is 8.42. The number of halogens is 1. The highest BCUT2D eigenvalue weighted by molar-refractivity contribution is 5.73. The maximum absolute atomic E-state index is 5.84. The van der Waals surface area contributed by atoms with Gasteiger partial charge in [-0.1, -0.05) is 12.1 Å². The molecular weight excluding hydrogens is 186 g/mol. The molecule has 0 fully saturated rings. The van der Waals surface area contributed by atoms with Gasteiger partial charge in [0.15, 0.2) is 0 Å². The maximum atomic E-state index is 5.84. The molecule has 0 aliphatic heterocycles. The van der Waals surface area contributed by atoms with Crippen LogP contribution in [0.3, 0.4) is 0 Å². The minimum atomic E-state index is 0. The fourth-order valence-corrected chi connectivity index (χ4v) is 1.50. The molecule has 70 valence electrons. The molecule has 1 aromatic carbocycles. The van der Waals surface area contributed by atoms with Gasteiger partial charge in [0.25, 0.3) is 0 Å². The highest BCUT2D eigenvalue weighted by Crippen LogP contribution is 2.12. The first-order valence-electron chi connectivity index (χ1n) is 3.90. The monoisotopic (exact) mass is 197 g/mol. The van der Waals surface area contributed by atoms with Gasteiger partial charge in [0.05, 0.1) is 14.1 Å². The molecule has 2 aromatic rings. The summed E-state index contributed by atoms with van der Waals surface area (Å²) in [6.45, 7) is 0. The molecule has 0 aliphatic carbocycles. The number of benzene rings is 1. The molecule has 2 N–H and O–H groups in total. The van der Waals surface area contributed by atoms with E-state index in [1.54, 1.807) is 0 Å². The third-order valence-electron chi connectivity index (χ3n) is 2.29. The summed E-state index contributed by atoms with van der Waals surface area (Å²) in [5, 5.41) is 0. The lowest BCUT2D eigenvalue weighted by Crippen LogP contribution is -3.00. The Labute approximate surface area is 83.2 Å². The Kier molecular flexibility index (Phi) is 2.48. The summed E-state index contributed by atoms with van der Waals surface area (Å²) in [5.41, 5.74) is 8.17. The molecule has 3 nitrogen and oxygen atoms in total. The molecule has 0 unspecified atom stereocenters. The number of anilines is 1. The van der Waals surface area contributed by atoms with Gasteiger partial charge >= 0.3 is 5.95 Å². The van der Waals surface area contributed by atoms with Crippen LogP contribution in [0, 0.1) is 0 Å². The number of rotatable bonds is 0. The van der Waals surface area contributed by atoms with E-state index in [1.807, 2.05) is 35.4 Å². The van der Waals surface area contributed by atoms with Crippen LogP contribution in [0.4, 0.5) is 5.95 Å². The van der Waals surface area contributed by atoms with Crippen molar-refractivity contribution in [3.05, 3.63) is 24.3 Å². The fraction of sp³-hybridized carbons (Fsp3) is 0.222. The molecule has 13 heavy (non-hydrogen) atoms. The molecule has 0 aliphatic rings. The third-order valence-corrected chi connectivity index (χ3v) is 2.29. The average Bonchev–Trinajstić information content (AvgIpc) is 2.33. The number of nitrogens with two attached hydrogens (primary N) is 1. The minimum Gasteiger partial charge on any atom is -1.00 e. The third kappa shape index (κ3) is 1.25. The average molecular weight is 198 g/mol. The standard InChI is InChI=1S/C9H11N3.ClH/c1-11-7-5-3-4-6-8(7)12(2)9(11)10;/h3-6,10H,1-2H3;1H. The van der Waals surface area contributed by atoms with E-state index in [2.05, 4.69) is 12.1 Å². The van der Waals surface area contributed by atoms with E-state index in [9.17, 15) is 0 Å². The van der Waals surface area contributed by atoms with Crippen LogP contribution in [0.15, 0.2) is 24.3 Å². The summed E-state index contributed by atoms with van der Waals surface area (Å²) < 4.78 is 3.96. The smallest absolute Gasteiger partial charge is 0.355 e. The number of fused-ring (bicyclic) bond motifs is 1. The van der Waals surface area contributed by atoms with E-state index >= 15 is 0 Å². The van der Waals surface area contributed by atoms with Gasteiger partial charge in [-0.25, -0.2) is 9.13 Å². The van der Waals surface area contributed by atoms with Crippen molar-refractivity contribution in [2.45, 2.75) is 0 Å². The Balaban J connectivity index is 0.000000845. The number of aromatic nitrogens is 2. The minimum absolute atomic E-state index is 0. The van der Waals surface area contributed by atoms with Crippen LogP contribution in [0.2, 0.25) is 0 Å². The molecule has 0 bridgehead atoms. The Morgan fingerprint density at radius 2 is 1.92 bits per heavy atom. The van der Waals surface area contributed by atoms with Crippen LogP contribution in [0.25, 0.3) is 11.0 Å². The van der Waals surface area contributed by atoms with E-state index in [-0.39, 0.29) is 12.4 Å². The number of hydrogen-bond donors (Lipinski definition) is 1. The lowest BCUT2D eigenvalue weighted by atomic mass is 10.3. The van der Waals surface area contributed by atoms with Crippen molar-refractivity contribution in [2.24, 2.45) is 14.1 Å². The molecular formula is C9H12ClN3. The molecule has 4 heteroatoms. The number of para-hydroxylation sites is 2. The molecule has 0 atom stereocenters. The van der Waals surface area contributed by atoms with Gasteiger partial charge in [0.2, 0.25) is 0 Å². The normalized spacial score (nSPS) is 10.0. The van der Waals surface area contributed by atoms with Crippen molar-refractivity contribution >= 4 is 17.0 Å². The van der Waals surface area contributed by atoms with E-state index in [0.29, 0.717) is 0 Å². The number of aryl methyl sites for hydroxylation is 2. The Bertz CT molecular complexity index is 395. The number of imidazole rings is 1. The first-order chi connectivity index (χ1) is 5.72. The van der Waals surface area contributed by atoms with Gasteiger partial charge in [0.1, 0.15) is 11.0 Å². The SMILES string of the molecule is Cn1c(N)[n+](C)c2ccccc21.[Cl-]. The van der Waals surface area contributed by atoms with Gasteiger partial charge < -0.3 is 12.4 Å². The van der Waals surface area contributed by atoms with Crippen molar-refractivity contribution in [2.75, 3.05) is 5.73 Å². The highest BCUT2D eigenvalue weighted by Gasteiger charge is 2.13. The second kappa shape index (κ2) is 3.26. The first kappa shape index (κ1) is 9.86. The number of nitrogen functional groups attached to an aromatic ring is 1. The highest BCUT2D eigenvalue weighted by atomic mass is 35.5. The van der Waals surface area contributed by atoms with Crippen LogP contribution in [-0.2, 0) is 14.1 Å². The molecule has 0 spiro atoms. The quantitative estimate of drug-likeness (QED) is 0.470. The summed E-state index contributed by atoms with van der Waals surface area (Å²) >= 11 is 0. The van der Waals surface area contributed by atoms with Crippen molar-refractivity contribution in [1.29, 1.82) is 0 Å². The molecule has 0 saturated carbocycles. The molecule has 0 saturated heterocycles. The largest absolute Gasteiger partial charge is 1.00 e. The van der Waals surface area contributed by atoms with Crippen molar-refractivity contribution in [3.63, 3.8) is 0 Å². The van der Waals surface area contributed by atoms with Gasteiger partial charge in [-0.2, -0.15) is 0 Å². The van der Waals surface area contributed by atoms with Crippen LogP contribution < -0.4 is 22.7 Å². The zero-order valence-electron chi connectivity index (χ0n) is 7.66. The van der Waals surface area contributed by atoms with E-state index in [4.69, 9.17) is 5.73 Å². The molecule has 1 aromatic heterocycles. The predicted molar refractivity (Wildman–Crippen MR) is 48.5 cm³/mol. The van der Waals surface area contributed by atoms with Gasteiger partial charge in [-0.05, 0) is 12.1 Å². The van der Waals surface area contributed by atoms with Gasteiger partial charge in [-0.15, -0.1) is 0 Å². The second-order valence-electron chi connectivity index (χ2n) is 2.96. The fourth-order valence-electron chi connectivity index (χ4n) is 1.50.